The predicted molar refractivity (Wildman–Crippen MR) is 124 cm³/mol. The molecule has 1 N–H and O–H groups in total. The van der Waals surface area contributed by atoms with Crippen molar-refractivity contribution in [2.24, 2.45) is 5.92 Å². The van der Waals surface area contributed by atoms with Gasteiger partial charge in [-0.1, -0.05) is 0 Å². The molecule has 2 atom stereocenters. The fourth-order valence-corrected chi connectivity index (χ4v) is 4.40. The van der Waals surface area contributed by atoms with Crippen LogP contribution in [0, 0.1) is 11.7 Å². The maximum atomic E-state index is 14.2. The summed E-state index contributed by atoms with van der Waals surface area (Å²) in [4.78, 5) is 23.9. The molecule has 2 fully saturated rings. The highest BCUT2D eigenvalue weighted by molar-refractivity contribution is 5.73. The number of morpholine rings is 1. The van der Waals surface area contributed by atoms with E-state index >= 15 is 0 Å². The molecule has 4 rings (SSSR count). The first-order valence-corrected chi connectivity index (χ1v) is 11.6. The number of benzene rings is 1. The van der Waals surface area contributed by atoms with E-state index in [1.54, 1.807) is 6.92 Å². The second kappa shape index (κ2) is 10.3. The number of hydrogen-bond acceptors (Lipinski definition) is 7. The quantitative estimate of drug-likeness (QED) is 0.710. The van der Waals surface area contributed by atoms with Gasteiger partial charge in [0.2, 0.25) is 17.7 Å². The molecule has 2 saturated heterocycles. The van der Waals surface area contributed by atoms with Crippen LogP contribution < -0.4 is 15.0 Å². The van der Waals surface area contributed by atoms with Gasteiger partial charge in [-0.25, -0.2) is 4.98 Å². The molecule has 3 heterocycles. The van der Waals surface area contributed by atoms with E-state index in [-0.39, 0.29) is 35.9 Å². The predicted octanol–water partition coefficient (Wildman–Crippen LogP) is 3.61. The van der Waals surface area contributed by atoms with Crippen molar-refractivity contribution in [3.63, 3.8) is 0 Å². The number of carbonyl (C=O) groups is 1. The fraction of sp³-hybridized carbons (Fsp3) is 0.542. The summed E-state index contributed by atoms with van der Waals surface area (Å²) in [7, 11) is 0. The van der Waals surface area contributed by atoms with Crippen molar-refractivity contribution in [1.29, 1.82) is 0 Å². The molecule has 0 aliphatic carbocycles. The molecule has 1 aromatic heterocycles. The Morgan fingerprint density at radius 3 is 2.48 bits per heavy atom. The third-order valence-electron chi connectivity index (χ3n) is 6.14. The largest absolute Gasteiger partial charge is 0.475 e. The van der Waals surface area contributed by atoms with E-state index in [0.29, 0.717) is 19.7 Å². The number of likely N-dealkylation sites (tertiary alicyclic amines) is 1. The van der Waals surface area contributed by atoms with Gasteiger partial charge >= 0.3 is 0 Å². The lowest BCUT2D eigenvalue weighted by atomic mass is 9.98. The summed E-state index contributed by atoms with van der Waals surface area (Å²) >= 11 is 0. The lowest BCUT2D eigenvalue weighted by Crippen LogP contribution is -2.45. The Kier molecular flexibility index (Phi) is 7.27. The van der Waals surface area contributed by atoms with Crippen LogP contribution in [0.5, 0.6) is 5.88 Å². The molecular weight excluding hydrogens is 425 g/mol. The van der Waals surface area contributed by atoms with Crippen molar-refractivity contribution in [1.82, 2.24) is 14.9 Å². The number of rotatable bonds is 6. The zero-order chi connectivity index (χ0) is 23.4. The first kappa shape index (κ1) is 23.2. The van der Waals surface area contributed by atoms with E-state index in [4.69, 9.17) is 9.47 Å². The SMILES string of the molecule is CC(=O)N1CCC(COc2nc(Nc3ccc(N4C[C@@H](C)O[C@@H](C)C4)cc3)ncc2F)CC1. The normalized spacial score (nSPS) is 21.7. The maximum absolute atomic E-state index is 14.2. The van der Waals surface area contributed by atoms with Crippen LogP contribution in [0.3, 0.4) is 0 Å². The molecule has 2 aliphatic rings. The second-order valence-corrected chi connectivity index (χ2v) is 8.94. The number of anilines is 3. The molecule has 0 bridgehead atoms. The van der Waals surface area contributed by atoms with Crippen LogP contribution in [-0.4, -0.2) is 65.8 Å². The Morgan fingerprint density at radius 2 is 1.85 bits per heavy atom. The lowest BCUT2D eigenvalue weighted by Gasteiger charge is -2.36. The van der Waals surface area contributed by atoms with E-state index < -0.39 is 5.82 Å². The number of amides is 1. The zero-order valence-corrected chi connectivity index (χ0v) is 19.5. The summed E-state index contributed by atoms with van der Waals surface area (Å²) in [5.41, 5.74) is 1.93. The average Bonchev–Trinajstić information content (AvgIpc) is 2.79. The summed E-state index contributed by atoms with van der Waals surface area (Å²) in [6.07, 6.45) is 3.18. The molecule has 2 aromatic rings. The van der Waals surface area contributed by atoms with Crippen LogP contribution in [-0.2, 0) is 9.53 Å². The number of halogens is 1. The summed E-state index contributed by atoms with van der Waals surface area (Å²) < 4.78 is 25.7. The Balaban J connectivity index is 1.33. The average molecular weight is 458 g/mol. The molecule has 1 amide bonds. The molecule has 0 spiro atoms. The van der Waals surface area contributed by atoms with Gasteiger partial charge in [0.25, 0.3) is 5.88 Å². The Morgan fingerprint density at radius 1 is 1.18 bits per heavy atom. The number of ether oxygens (including phenoxy) is 2. The minimum absolute atomic E-state index is 0.0607. The summed E-state index contributed by atoms with van der Waals surface area (Å²) in [6.45, 7) is 9.24. The van der Waals surface area contributed by atoms with Crippen molar-refractivity contribution in [2.75, 3.05) is 43.0 Å². The molecule has 8 nitrogen and oxygen atoms in total. The highest BCUT2D eigenvalue weighted by atomic mass is 19.1. The summed E-state index contributed by atoms with van der Waals surface area (Å²) in [5, 5.41) is 3.12. The monoisotopic (exact) mass is 457 g/mol. The van der Waals surface area contributed by atoms with Crippen LogP contribution >= 0.6 is 0 Å². The van der Waals surface area contributed by atoms with E-state index in [1.165, 1.54) is 0 Å². The van der Waals surface area contributed by atoms with Crippen LogP contribution in [0.25, 0.3) is 0 Å². The van der Waals surface area contributed by atoms with Crippen molar-refractivity contribution in [3.8, 4) is 5.88 Å². The van der Waals surface area contributed by atoms with Gasteiger partial charge in [0, 0.05) is 44.5 Å². The minimum Gasteiger partial charge on any atom is -0.475 e. The molecule has 1 aromatic carbocycles. The highest BCUT2D eigenvalue weighted by Crippen LogP contribution is 2.25. The smallest absolute Gasteiger partial charge is 0.255 e. The van der Waals surface area contributed by atoms with E-state index in [1.807, 2.05) is 29.2 Å². The highest BCUT2D eigenvalue weighted by Gasteiger charge is 2.23. The van der Waals surface area contributed by atoms with Gasteiger partial charge in [-0.3, -0.25) is 4.79 Å². The molecule has 2 aliphatic heterocycles. The molecular formula is C24H32FN5O3. The Hall–Kier alpha value is -2.94. The zero-order valence-electron chi connectivity index (χ0n) is 19.5. The van der Waals surface area contributed by atoms with Crippen molar-refractivity contribution in [3.05, 3.63) is 36.3 Å². The number of hydrogen-bond donors (Lipinski definition) is 1. The molecule has 0 saturated carbocycles. The summed E-state index contributed by atoms with van der Waals surface area (Å²) in [5.74, 6) is -0.0141. The van der Waals surface area contributed by atoms with E-state index in [9.17, 15) is 9.18 Å². The van der Waals surface area contributed by atoms with Gasteiger partial charge in [-0.15, -0.1) is 0 Å². The third-order valence-corrected chi connectivity index (χ3v) is 6.14. The molecule has 178 valence electrons. The second-order valence-electron chi connectivity index (χ2n) is 8.94. The van der Waals surface area contributed by atoms with Crippen LogP contribution in [0.1, 0.15) is 33.6 Å². The maximum Gasteiger partial charge on any atom is 0.255 e. The molecule has 9 heteroatoms. The van der Waals surface area contributed by atoms with Crippen LogP contribution in [0.2, 0.25) is 0 Å². The van der Waals surface area contributed by atoms with Crippen molar-refractivity contribution in [2.45, 2.75) is 45.8 Å². The Bertz CT molecular complexity index is 940. The number of piperidine rings is 1. The van der Waals surface area contributed by atoms with Crippen molar-refractivity contribution < 1.29 is 18.7 Å². The molecule has 33 heavy (non-hydrogen) atoms. The van der Waals surface area contributed by atoms with Gasteiger partial charge in [-0.2, -0.15) is 9.37 Å². The van der Waals surface area contributed by atoms with Gasteiger partial charge in [0.05, 0.1) is 25.0 Å². The molecule has 0 radical (unpaired) electrons. The van der Waals surface area contributed by atoms with E-state index in [0.717, 1.165) is 43.5 Å². The standard InChI is InChI=1S/C24H32FN5O3/c1-16-13-30(14-17(2)33-16)21-6-4-20(5-7-21)27-24-26-12-22(25)23(28-24)32-15-19-8-10-29(11-9-19)18(3)31/h4-7,12,16-17,19H,8-11,13-15H2,1-3H3,(H,26,27,28)/t16-,17+. The third kappa shape index (κ3) is 6.10. The lowest BCUT2D eigenvalue weighted by molar-refractivity contribution is -0.130. The number of aromatic nitrogens is 2. The topological polar surface area (TPSA) is 79.8 Å². The Labute approximate surface area is 194 Å². The van der Waals surface area contributed by atoms with Crippen LogP contribution in [0.15, 0.2) is 30.5 Å². The minimum atomic E-state index is -0.590. The number of nitrogens with zero attached hydrogens (tertiary/aromatic N) is 4. The van der Waals surface area contributed by atoms with Gasteiger partial charge in [-0.05, 0) is 56.9 Å². The summed E-state index contributed by atoms with van der Waals surface area (Å²) in [6, 6.07) is 8.00. The van der Waals surface area contributed by atoms with Crippen molar-refractivity contribution >= 4 is 23.2 Å². The first-order valence-electron chi connectivity index (χ1n) is 11.6. The number of nitrogens with one attached hydrogen (secondary N) is 1. The van der Waals surface area contributed by atoms with Crippen LogP contribution in [0.4, 0.5) is 21.7 Å². The van der Waals surface area contributed by atoms with Gasteiger partial charge in [0.15, 0.2) is 0 Å². The fourth-order valence-electron chi connectivity index (χ4n) is 4.40. The van der Waals surface area contributed by atoms with E-state index in [2.05, 4.69) is 34.0 Å². The number of carbonyl (C=O) groups excluding carboxylic acids is 1. The van der Waals surface area contributed by atoms with Gasteiger partial charge < -0.3 is 24.6 Å². The molecule has 0 unspecified atom stereocenters. The van der Waals surface area contributed by atoms with Gasteiger partial charge in [0.1, 0.15) is 0 Å². The first-order chi connectivity index (χ1) is 15.9.